The van der Waals surface area contributed by atoms with E-state index < -0.39 is 20.6 Å². The van der Waals surface area contributed by atoms with Gasteiger partial charge in [0.15, 0.2) is 4.90 Å². The van der Waals surface area contributed by atoms with Crippen molar-refractivity contribution in [3.8, 4) is 0 Å². The van der Waals surface area contributed by atoms with Crippen molar-refractivity contribution in [2.75, 3.05) is 7.05 Å². The lowest BCUT2D eigenvalue weighted by atomic mass is 10.3. The van der Waals surface area contributed by atoms with Gasteiger partial charge in [0.2, 0.25) is 10.0 Å². The highest BCUT2D eigenvalue weighted by molar-refractivity contribution is 7.89. The number of nitrogens with one attached hydrogen (secondary N) is 1. The smallest absolute Gasteiger partial charge is 0.285 e. The average Bonchev–Trinajstić information content (AvgIpc) is 2.91. The van der Waals surface area contributed by atoms with Crippen molar-refractivity contribution in [2.24, 2.45) is 0 Å². The van der Waals surface area contributed by atoms with Gasteiger partial charge in [0.1, 0.15) is 0 Å². The van der Waals surface area contributed by atoms with Crippen LogP contribution in [-0.2, 0) is 16.6 Å². The van der Waals surface area contributed by atoms with Crippen LogP contribution in [0.15, 0.2) is 41.6 Å². The normalized spacial score (nSPS) is 11.7. The van der Waals surface area contributed by atoms with E-state index >= 15 is 0 Å². The molecule has 0 aliphatic carbocycles. The number of H-pyrrole nitrogens is 1. The second-order valence-electron chi connectivity index (χ2n) is 4.09. The van der Waals surface area contributed by atoms with Crippen LogP contribution in [-0.4, -0.2) is 34.9 Å². The number of para-hydroxylation sites is 1. The largest absolute Gasteiger partial charge is 0.289 e. The Hall–Kier alpha value is -2.26. The van der Waals surface area contributed by atoms with Gasteiger partial charge >= 0.3 is 0 Å². The topological polar surface area (TPSA) is 109 Å². The van der Waals surface area contributed by atoms with Crippen LogP contribution in [0.5, 0.6) is 0 Å². The Labute approximate surface area is 115 Å². The van der Waals surface area contributed by atoms with Gasteiger partial charge in [0.25, 0.3) is 5.69 Å². The van der Waals surface area contributed by atoms with Crippen LogP contribution in [0, 0.1) is 10.1 Å². The predicted octanol–water partition coefficient (Wildman–Crippen LogP) is 1.14. The second-order valence-corrected chi connectivity index (χ2v) is 6.11. The summed E-state index contributed by atoms with van der Waals surface area (Å²) in [5.74, 6) is 0. The molecule has 0 amide bonds. The van der Waals surface area contributed by atoms with E-state index in [2.05, 4.69) is 10.2 Å². The van der Waals surface area contributed by atoms with Crippen LogP contribution in [0.2, 0.25) is 0 Å². The summed E-state index contributed by atoms with van der Waals surface area (Å²) in [5, 5.41) is 17.2. The number of aromatic amines is 1. The van der Waals surface area contributed by atoms with E-state index in [-0.39, 0.29) is 11.4 Å². The summed E-state index contributed by atoms with van der Waals surface area (Å²) < 4.78 is 25.8. The van der Waals surface area contributed by atoms with E-state index in [1.807, 2.05) is 0 Å². The Morgan fingerprint density at radius 1 is 1.40 bits per heavy atom. The fraction of sp³-hybridized carbons (Fsp3) is 0.182. The molecule has 0 unspecified atom stereocenters. The Balaban J connectivity index is 2.37. The molecule has 0 bridgehead atoms. The first-order valence-electron chi connectivity index (χ1n) is 5.60. The first-order valence-corrected chi connectivity index (χ1v) is 7.04. The van der Waals surface area contributed by atoms with Gasteiger partial charge in [-0.25, -0.2) is 8.42 Å². The Morgan fingerprint density at radius 2 is 2.10 bits per heavy atom. The Kier molecular flexibility index (Phi) is 3.81. The second kappa shape index (κ2) is 5.39. The maximum absolute atomic E-state index is 12.4. The third kappa shape index (κ3) is 2.68. The quantitative estimate of drug-likeness (QED) is 0.657. The summed E-state index contributed by atoms with van der Waals surface area (Å²) in [5.41, 5.74) is 0.223. The van der Waals surface area contributed by atoms with Crippen molar-refractivity contribution in [2.45, 2.75) is 11.4 Å². The first-order chi connectivity index (χ1) is 9.43. The third-order valence-electron chi connectivity index (χ3n) is 2.71. The molecule has 9 heteroatoms. The molecule has 0 aliphatic heterocycles. The van der Waals surface area contributed by atoms with Gasteiger partial charge in [-0.15, -0.1) is 0 Å². The lowest BCUT2D eigenvalue weighted by molar-refractivity contribution is -0.387. The van der Waals surface area contributed by atoms with Crippen LogP contribution in [0.1, 0.15) is 5.56 Å². The van der Waals surface area contributed by atoms with Crippen molar-refractivity contribution < 1.29 is 13.3 Å². The molecule has 1 heterocycles. The summed E-state index contributed by atoms with van der Waals surface area (Å²) in [6.45, 7) is 0.0743. The number of hydrogen-bond acceptors (Lipinski definition) is 5. The molecule has 2 rings (SSSR count). The molecule has 0 saturated carbocycles. The summed E-state index contributed by atoms with van der Waals surface area (Å²) >= 11 is 0. The average molecular weight is 296 g/mol. The molecule has 106 valence electrons. The highest BCUT2D eigenvalue weighted by Gasteiger charge is 2.29. The summed E-state index contributed by atoms with van der Waals surface area (Å²) in [7, 11) is -2.58. The van der Waals surface area contributed by atoms with Crippen molar-refractivity contribution in [3.05, 3.63) is 52.3 Å². The molecule has 8 nitrogen and oxygen atoms in total. The van der Waals surface area contributed by atoms with E-state index in [0.717, 1.165) is 4.31 Å². The molecule has 0 fully saturated rings. The minimum atomic E-state index is -3.94. The van der Waals surface area contributed by atoms with E-state index in [9.17, 15) is 18.5 Å². The maximum atomic E-state index is 12.4. The first kappa shape index (κ1) is 14.2. The molecule has 0 saturated heterocycles. The molecule has 2 aromatic rings. The number of nitro benzene ring substituents is 1. The van der Waals surface area contributed by atoms with Crippen molar-refractivity contribution in [1.82, 2.24) is 14.5 Å². The van der Waals surface area contributed by atoms with Gasteiger partial charge in [-0.05, 0) is 6.07 Å². The highest BCUT2D eigenvalue weighted by atomic mass is 32.2. The zero-order chi connectivity index (χ0) is 14.8. The number of hydrogen-bond donors (Lipinski definition) is 1. The number of benzene rings is 1. The van der Waals surface area contributed by atoms with E-state index in [1.54, 1.807) is 6.20 Å². The Bertz CT molecular complexity index is 712. The summed E-state index contributed by atoms with van der Waals surface area (Å²) in [6, 6.07) is 5.26. The lowest BCUT2D eigenvalue weighted by Gasteiger charge is -2.16. The molecular formula is C11H12N4O4S. The van der Waals surface area contributed by atoms with E-state index in [0.29, 0.717) is 5.56 Å². The SMILES string of the molecule is CN(Cc1cn[nH]c1)S(=O)(=O)c1ccccc1[N+](=O)[O-]. The Morgan fingerprint density at radius 3 is 2.70 bits per heavy atom. The van der Waals surface area contributed by atoms with Crippen LogP contribution in [0.4, 0.5) is 5.69 Å². The molecule has 1 aromatic carbocycles. The number of nitrogens with zero attached hydrogens (tertiary/aromatic N) is 3. The number of nitro groups is 1. The highest BCUT2D eigenvalue weighted by Crippen LogP contribution is 2.26. The lowest BCUT2D eigenvalue weighted by Crippen LogP contribution is -2.27. The van der Waals surface area contributed by atoms with Crippen molar-refractivity contribution in [1.29, 1.82) is 0 Å². The van der Waals surface area contributed by atoms with Crippen LogP contribution < -0.4 is 0 Å². The zero-order valence-corrected chi connectivity index (χ0v) is 11.4. The molecule has 0 atom stereocenters. The van der Waals surface area contributed by atoms with Gasteiger partial charge in [-0.2, -0.15) is 9.40 Å². The standard InChI is InChI=1S/C11H12N4O4S/c1-14(8-9-6-12-13-7-9)20(18,19)11-5-3-2-4-10(11)15(16)17/h2-7H,8H2,1H3,(H,12,13). The summed E-state index contributed by atoms with van der Waals surface area (Å²) in [6.07, 6.45) is 3.05. The predicted molar refractivity (Wildman–Crippen MR) is 70.3 cm³/mol. The molecule has 20 heavy (non-hydrogen) atoms. The fourth-order valence-electron chi connectivity index (χ4n) is 1.70. The maximum Gasteiger partial charge on any atom is 0.289 e. The van der Waals surface area contributed by atoms with Crippen molar-refractivity contribution >= 4 is 15.7 Å². The van der Waals surface area contributed by atoms with Crippen LogP contribution >= 0.6 is 0 Å². The zero-order valence-electron chi connectivity index (χ0n) is 10.6. The van der Waals surface area contributed by atoms with Crippen LogP contribution in [0.25, 0.3) is 0 Å². The molecule has 1 aromatic heterocycles. The van der Waals surface area contributed by atoms with Gasteiger partial charge in [-0.1, -0.05) is 12.1 Å². The van der Waals surface area contributed by atoms with E-state index in [4.69, 9.17) is 0 Å². The van der Waals surface area contributed by atoms with Gasteiger partial charge in [0, 0.05) is 31.4 Å². The molecule has 0 radical (unpaired) electrons. The number of rotatable bonds is 5. The van der Waals surface area contributed by atoms with Gasteiger partial charge in [-0.3, -0.25) is 15.2 Å². The van der Waals surface area contributed by atoms with Gasteiger partial charge in [0.05, 0.1) is 11.1 Å². The van der Waals surface area contributed by atoms with E-state index in [1.165, 1.54) is 37.5 Å². The monoisotopic (exact) mass is 296 g/mol. The molecular weight excluding hydrogens is 284 g/mol. The van der Waals surface area contributed by atoms with Crippen molar-refractivity contribution in [3.63, 3.8) is 0 Å². The molecule has 0 spiro atoms. The molecule has 1 N–H and O–H groups in total. The number of sulfonamides is 1. The summed E-state index contributed by atoms with van der Waals surface area (Å²) in [4.78, 5) is 9.88. The minimum absolute atomic E-state index is 0.0743. The fourth-order valence-corrected chi connectivity index (χ4v) is 3.01. The number of aromatic nitrogens is 2. The minimum Gasteiger partial charge on any atom is -0.285 e. The third-order valence-corrected chi connectivity index (χ3v) is 4.56. The van der Waals surface area contributed by atoms with Gasteiger partial charge < -0.3 is 0 Å². The molecule has 0 aliphatic rings. The van der Waals surface area contributed by atoms with Crippen LogP contribution in [0.3, 0.4) is 0 Å².